The van der Waals surface area contributed by atoms with Crippen molar-refractivity contribution in [2.45, 2.75) is 4.90 Å². The molecule has 7 nitrogen and oxygen atoms in total. The smallest absolute Gasteiger partial charge is 0.246 e. The van der Waals surface area contributed by atoms with E-state index in [1.54, 1.807) is 0 Å². The van der Waals surface area contributed by atoms with E-state index < -0.39 is 33.2 Å². The number of sulfonamides is 1. The fraction of sp³-hybridized carbons (Fsp3) is 0.417. The van der Waals surface area contributed by atoms with Crippen molar-refractivity contribution in [2.24, 2.45) is 0 Å². The summed E-state index contributed by atoms with van der Waals surface area (Å²) in [5, 5.41) is 2.48. The van der Waals surface area contributed by atoms with Gasteiger partial charge in [0, 0.05) is 26.4 Å². The molecule has 0 aliphatic rings. The van der Waals surface area contributed by atoms with Crippen molar-refractivity contribution in [3.05, 3.63) is 24.0 Å². The van der Waals surface area contributed by atoms with E-state index in [-0.39, 0.29) is 12.2 Å². The second-order valence-corrected chi connectivity index (χ2v) is 6.31. The van der Waals surface area contributed by atoms with Gasteiger partial charge in [-0.1, -0.05) is 0 Å². The molecule has 1 aromatic rings. The van der Waals surface area contributed by atoms with Crippen LogP contribution >= 0.6 is 0 Å². The van der Waals surface area contributed by atoms with Crippen LogP contribution in [0.1, 0.15) is 0 Å². The molecule has 0 radical (unpaired) electrons. The van der Waals surface area contributed by atoms with E-state index in [9.17, 15) is 17.6 Å². The third kappa shape index (κ3) is 4.66. The van der Waals surface area contributed by atoms with Gasteiger partial charge < -0.3 is 15.8 Å². The molecule has 0 bridgehead atoms. The molecule has 1 rings (SSSR count). The number of nitrogens with zero attached hydrogens (tertiary/aromatic N) is 1. The van der Waals surface area contributed by atoms with Crippen LogP contribution in [0.2, 0.25) is 0 Å². The lowest BCUT2D eigenvalue weighted by atomic mass is 10.3. The van der Waals surface area contributed by atoms with Gasteiger partial charge in [0.05, 0.1) is 13.2 Å². The van der Waals surface area contributed by atoms with Gasteiger partial charge in [-0.25, -0.2) is 12.8 Å². The van der Waals surface area contributed by atoms with Crippen molar-refractivity contribution in [3.8, 4) is 0 Å². The minimum absolute atomic E-state index is 0.117. The van der Waals surface area contributed by atoms with Crippen molar-refractivity contribution in [1.29, 1.82) is 0 Å². The van der Waals surface area contributed by atoms with E-state index in [1.807, 2.05) is 0 Å². The third-order valence-corrected chi connectivity index (χ3v) is 4.48. The molecule has 3 N–H and O–H groups in total. The molecule has 0 atom stereocenters. The summed E-state index contributed by atoms with van der Waals surface area (Å²) >= 11 is 0. The summed E-state index contributed by atoms with van der Waals surface area (Å²) in [7, 11) is -1.43. The zero-order chi connectivity index (χ0) is 16.0. The van der Waals surface area contributed by atoms with Gasteiger partial charge in [-0.2, -0.15) is 4.31 Å². The van der Waals surface area contributed by atoms with Crippen molar-refractivity contribution in [2.75, 3.05) is 39.6 Å². The van der Waals surface area contributed by atoms with Crippen molar-refractivity contribution in [1.82, 2.24) is 9.62 Å². The monoisotopic (exact) mass is 319 g/mol. The molecule has 0 saturated carbocycles. The lowest BCUT2D eigenvalue weighted by molar-refractivity contribution is -0.121. The van der Waals surface area contributed by atoms with Crippen LogP contribution < -0.4 is 11.1 Å². The van der Waals surface area contributed by atoms with Gasteiger partial charge in [0.25, 0.3) is 0 Å². The fourth-order valence-corrected chi connectivity index (χ4v) is 2.70. The van der Waals surface area contributed by atoms with Crippen molar-refractivity contribution >= 4 is 21.6 Å². The van der Waals surface area contributed by atoms with Crippen LogP contribution in [0.5, 0.6) is 0 Å². The molecule has 0 aliphatic heterocycles. The predicted octanol–water partition coefficient (Wildman–Crippen LogP) is -0.209. The number of anilines is 1. The summed E-state index contributed by atoms with van der Waals surface area (Å²) in [6.07, 6.45) is 0. The maximum absolute atomic E-state index is 13.7. The Morgan fingerprint density at radius 3 is 2.71 bits per heavy atom. The van der Waals surface area contributed by atoms with Gasteiger partial charge in [0.2, 0.25) is 15.9 Å². The largest absolute Gasteiger partial charge is 0.399 e. The number of hydrogen-bond donors (Lipinski definition) is 2. The molecule has 1 aromatic carbocycles. The van der Waals surface area contributed by atoms with Gasteiger partial charge in [0.15, 0.2) is 0 Å². The highest BCUT2D eigenvalue weighted by atomic mass is 32.2. The summed E-state index contributed by atoms with van der Waals surface area (Å²) < 4.78 is 43.6. The summed E-state index contributed by atoms with van der Waals surface area (Å²) in [6, 6.07) is 3.27. The van der Waals surface area contributed by atoms with Crippen LogP contribution in [0.4, 0.5) is 10.1 Å². The van der Waals surface area contributed by atoms with Crippen LogP contribution in [-0.4, -0.2) is 52.5 Å². The summed E-state index contributed by atoms with van der Waals surface area (Å²) in [5.41, 5.74) is 5.49. The minimum Gasteiger partial charge on any atom is -0.399 e. The van der Waals surface area contributed by atoms with Crippen LogP contribution in [-0.2, 0) is 19.6 Å². The topological polar surface area (TPSA) is 102 Å². The highest BCUT2D eigenvalue weighted by Crippen LogP contribution is 2.20. The Bertz CT molecular complexity index is 607. The van der Waals surface area contributed by atoms with Gasteiger partial charge >= 0.3 is 0 Å². The maximum Gasteiger partial charge on any atom is 0.246 e. The van der Waals surface area contributed by atoms with Crippen molar-refractivity contribution < 1.29 is 22.3 Å². The average molecular weight is 319 g/mol. The Balaban J connectivity index is 2.80. The average Bonchev–Trinajstić information content (AvgIpc) is 2.38. The maximum atomic E-state index is 13.7. The summed E-state index contributed by atoms with van der Waals surface area (Å²) in [5.74, 6) is -1.46. The molecular formula is C12H18FN3O4S. The Morgan fingerprint density at radius 2 is 2.14 bits per heavy atom. The van der Waals surface area contributed by atoms with E-state index in [0.29, 0.717) is 6.61 Å². The third-order valence-electron chi connectivity index (χ3n) is 2.64. The molecule has 0 spiro atoms. The molecule has 9 heteroatoms. The number of carbonyl (C=O) groups is 1. The number of halogens is 1. The molecule has 0 unspecified atom stereocenters. The summed E-state index contributed by atoms with van der Waals surface area (Å²) in [6.45, 7) is 0.157. The van der Waals surface area contributed by atoms with Gasteiger partial charge in [-0.15, -0.1) is 0 Å². The highest BCUT2D eigenvalue weighted by Gasteiger charge is 2.26. The zero-order valence-electron chi connectivity index (χ0n) is 11.8. The first-order chi connectivity index (χ1) is 9.78. The van der Waals surface area contributed by atoms with E-state index in [4.69, 9.17) is 10.5 Å². The van der Waals surface area contributed by atoms with Crippen LogP contribution in [0, 0.1) is 5.82 Å². The second kappa shape index (κ2) is 7.34. The van der Waals surface area contributed by atoms with Gasteiger partial charge in [0.1, 0.15) is 10.7 Å². The predicted molar refractivity (Wildman–Crippen MR) is 75.5 cm³/mol. The first-order valence-electron chi connectivity index (χ1n) is 6.06. The fourth-order valence-electron chi connectivity index (χ4n) is 1.53. The number of methoxy groups -OCH3 is 1. The molecule has 21 heavy (non-hydrogen) atoms. The first-order valence-corrected chi connectivity index (χ1v) is 7.50. The molecule has 0 saturated heterocycles. The van der Waals surface area contributed by atoms with Crippen molar-refractivity contribution in [3.63, 3.8) is 0 Å². The van der Waals surface area contributed by atoms with E-state index in [0.717, 1.165) is 16.4 Å². The molecule has 1 amide bonds. The van der Waals surface area contributed by atoms with E-state index in [1.165, 1.54) is 20.2 Å². The highest BCUT2D eigenvalue weighted by molar-refractivity contribution is 7.89. The molecule has 0 aliphatic carbocycles. The molecule has 0 fully saturated rings. The Kier molecular flexibility index (Phi) is 6.06. The normalized spacial score (nSPS) is 11.6. The number of benzene rings is 1. The number of nitrogens with two attached hydrogens (primary N) is 1. The minimum atomic E-state index is -4.10. The standard InChI is InChI=1S/C12H18FN3O4S/c1-16(8-12(17)15-5-6-20-2)21(18,19)11-4-3-9(14)7-10(11)13/h3-4,7H,5-6,8,14H2,1-2H3,(H,15,17). The number of nitrogens with one attached hydrogen (secondary N) is 1. The zero-order valence-corrected chi connectivity index (χ0v) is 12.6. The van der Waals surface area contributed by atoms with Gasteiger partial charge in [-0.3, -0.25) is 4.79 Å². The summed E-state index contributed by atoms with van der Waals surface area (Å²) in [4.78, 5) is 11.0. The quantitative estimate of drug-likeness (QED) is 0.535. The Labute approximate surface area is 122 Å². The number of amides is 1. The van der Waals surface area contributed by atoms with Crippen LogP contribution in [0.25, 0.3) is 0 Å². The Hall–Kier alpha value is -1.71. The second-order valence-electron chi connectivity index (χ2n) is 4.29. The van der Waals surface area contributed by atoms with E-state index >= 15 is 0 Å². The van der Waals surface area contributed by atoms with Crippen LogP contribution in [0.3, 0.4) is 0 Å². The first kappa shape index (κ1) is 17.3. The van der Waals surface area contributed by atoms with E-state index in [2.05, 4.69) is 5.32 Å². The Morgan fingerprint density at radius 1 is 1.48 bits per heavy atom. The number of nitrogen functional groups attached to an aromatic ring is 1. The molecular weight excluding hydrogens is 301 g/mol. The molecule has 0 heterocycles. The lowest BCUT2D eigenvalue weighted by Crippen LogP contribution is -2.39. The molecule has 0 aromatic heterocycles. The number of ether oxygens (including phenoxy) is 1. The number of carbonyl (C=O) groups excluding carboxylic acids is 1. The number of hydrogen-bond acceptors (Lipinski definition) is 5. The SMILES string of the molecule is COCCNC(=O)CN(C)S(=O)(=O)c1ccc(N)cc1F. The molecule has 118 valence electrons. The van der Waals surface area contributed by atoms with Gasteiger partial charge in [-0.05, 0) is 18.2 Å². The lowest BCUT2D eigenvalue weighted by Gasteiger charge is -2.17. The number of rotatable bonds is 7. The van der Waals surface area contributed by atoms with Crippen LogP contribution in [0.15, 0.2) is 23.1 Å². The number of likely N-dealkylation sites (N-methyl/N-ethyl adjacent to an activating group) is 1.